The van der Waals surface area contributed by atoms with Crippen LogP contribution in [0.25, 0.3) is 10.9 Å². The van der Waals surface area contributed by atoms with Crippen LogP contribution in [-0.4, -0.2) is 37.1 Å². The van der Waals surface area contributed by atoms with Crippen LogP contribution in [0.3, 0.4) is 0 Å². The highest BCUT2D eigenvalue weighted by Gasteiger charge is 2.31. The Bertz CT molecular complexity index is 1170. The number of aromatic nitrogens is 1. The number of hydrogen-bond acceptors (Lipinski definition) is 4. The zero-order valence-electron chi connectivity index (χ0n) is 18.3. The molecule has 2 heterocycles. The molecule has 1 aliphatic heterocycles. The first-order chi connectivity index (χ1) is 14.9. The van der Waals surface area contributed by atoms with Crippen molar-refractivity contribution in [3.8, 4) is 11.5 Å². The van der Waals surface area contributed by atoms with Gasteiger partial charge in [-0.15, -0.1) is 0 Å². The molecule has 0 spiro atoms. The highest BCUT2D eigenvalue weighted by Crippen LogP contribution is 2.36. The number of rotatable bonds is 6. The summed E-state index contributed by atoms with van der Waals surface area (Å²) in [6, 6.07) is 11.5. The van der Waals surface area contributed by atoms with E-state index in [1.54, 1.807) is 19.1 Å². The molecule has 1 aliphatic rings. The van der Waals surface area contributed by atoms with Crippen molar-refractivity contribution in [2.24, 2.45) is 7.05 Å². The largest absolute Gasteiger partial charge is 0.497 e. The first kappa shape index (κ1) is 20.8. The van der Waals surface area contributed by atoms with Gasteiger partial charge in [0, 0.05) is 37.5 Å². The number of nitrogens with one attached hydrogen (secondary N) is 1. The summed E-state index contributed by atoms with van der Waals surface area (Å²) in [4.78, 5) is 27.7. The average molecular weight is 421 g/mol. The lowest BCUT2D eigenvalue weighted by atomic mass is 10.1. The quantitative estimate of drug-likeness (QED) is 0.661. The lowest BCUT2D eigenvalue weighted by Gasteiger charge is -2.18. The summed E-state index contributed by atoms with van der Waals surface area (Å²) < 4.78 is 12.6. The molecule has 7 nitrogen and oxygen atoms in total. The second-order valence-corrected chi connectivity index (χ2v) is 7.79. The zero-order chi connectivity index (χ0) is 22.1. The van der Waals surface area contributed by atoms with Crippen molar-refractivity contribution in [2.75, 3.05) is 25.7 Å². The Morgan fingerprint density at radius 1 is 1.13 bits per heavy atom. The van der Waals surface area contributed by atoms with Crippen LogP contribution in [0.4, 0.5) is 5.69 Å². The molecular formula is C24H27N3O4. The van der Waals surface area contributed by atoms with Crippen LogP contribution in [0.15, 0.2) is 36.4 Å². The molecule has 3 aromatic rings. The summed E-state index contributed by atoms with van der Waals surface area (Å²) in [6.45, 7) is 2.90. The van der Waals surface area contributed by atoms with Crippen molar-refractivity contribution < 1.29 is 19.1 Å². The topological polar surface area (TPSA) is 72.8 Å². The lowest BCUT2D eigenvalue weighted by Crippen LogP contribution is -2.30. The predicted molar refractivity (Wildman–Crippen MR) is 120 cm³/mol. The van der Waals surface area contributed by atoms with Crippen LogP contribution in [0.2, 0.25) is 0 Å². The van der Waals surface area contributed by atoms with Gasteiger partial charge >= 0.3 is 0 Å². The van der Waals surface area contributed by atoms with E-state index in [1.807, 2.05) is 54.9 Å². The normalized spacial score (nSPS) is 13.7. The third-order valence-electron chi connectivity index (χ3n) is 5.81. The van der Waals surface area contributed by atoms with Gasteiger partial charge in [-0.25, -0.2) is 0 Å². The molecule has 2 aromatic carbocycles. The maximum atomic E-state index is 13.4. The van der Waals surface area contributed by atoms with Crippen molar-refractivity contribution in [2.45, 2.75) is 26.3 Å². The minimum absolute atomic E-state index is 0.0533. The summed E-state index contributed by atoms with van der Waals surface area (Å²) in [5, 5.41) is 3.92. The smallest absolute Gasteiger partial charge is 0.270 e. The molecule has 0 radical (unpaired) electrons. The van der Waals surface area contributed by atoms with Crippen molar-refractivity contribution in [1.29, 1.82) is 0 Å². The third kappa shape index (κ3) is 3.71. The standard InChI is InChI=1S/C24H27N3O4/c1-15-7-9-19-18(12-15)22(27-11-5-6-21(27)28)23(26(19)2)24(29)25-14-16-13-17(30-3)8-10-20(16)31-4/h7-10,12-13H,5-6,11,14H2,1-4H3,(H,25,29). The summed E-state index contributed by atoms with van der Waals surface area (Å²) in [5.74, 6) is 1.17. The number of methoxy groups -OCH3 is 2. The van der Waals surface area contributed by atoms with Crippen LogP contribution in [0, 0.1) is 6.92 Å². The van der Waals surface area contributed by atoms with E-state index >= 15 is 0 Å². The number of carbonyl (C=O) groups is 2. The van der Waals surface area contributed by atoms with E-state index in [-0.39, 0.29) is 18.4 Å². The minimum Gasteiger partial charge on any atom is -0.497 e. The Morgan fingerprint density at radius 2 is 1.94 bits per heavy atom. The SMILES string of the molecule is COc1ccc(OC)c(CNC(=O)c2c(N3CCCC3=O)c3cc(C)ccc3n2C)c1. The van der Waals surface area contributed by atoms with Crippen LogP contribution in [0.5, 0.6) is 11.5 Å². The molecule has 7 heteroatoms. The number of fused-ring (bicyclic) bond motifs is 1. The second kappa shape index (κ2) is 8.34. The van der Waals surface area contributed by atoms with Gasteiger partial charge in [0.25, 0.3) is 5.91 Å². The molecule has 1 aromatic heterocycles. The number of anilines is 1. The molecule has 31 heavy (non-hydrogen) atoms. The first-order valence-electron chi connectivity index (χ1n) is 10.3. The molecular weight excluding hydrogens is 394 g/mol. The lowest BCUT2D eigenvalue weighted by molar-refractivity contribution is -0.117. The molecule has 0 unspecified atom stereocenters. The molecule has 4 rings (SSSR count). The Kier molecular flexibility index (Phi) is 5.59. The van der Waals surface area contributed by atoms with Gasteiger partial charge in [0.15, 0.2) is 0 Å². The summed E-state index contributed by atoms with van der Waals surface area (Å²) in [5.41, 5.74) is 3.99. The van der Waals surface area contributed by atoms with Crippen LogP contribution in [-0.2, 0) is 18.4 Å². The van der Waals surface area contributed by atoms with Gasteiger partial charge in [-0.3, -0.25) is 9.59 Å². The van der Waals surface area contributed by atoms with Gasteiger partial charge in [0.1, 0.15) is 17.2 Å². The van der Waals surface area contributed by atoms with Gasteiger partial charge in [-0.1, -0.05) is 11.6 Å². The monoisotopic (exact) mass is 421 g/mol. The molecule has 1 fully saturated rings. The molecule has 0 bridgehead atoms. The van der Waals surface area contributed by atoms with Gasteiger partial charge < -0.3 is 24.3 Å². The van der Waals surface area contributed by atoms with Gasteiger partial charge in [0.2, 0.25) is 5.91 Å². The van der Waals surface area contributed by atoms with E-state index in [0.29, 0.717) is 35.8 Å². The van der Waals surface area contributed by atoms with Crippen molar-refractivity contribution in [1.82, 2.24) is 9.88 Å². The maximum Gasteiger partial charge on any atom is 0.270 e. The predicted octanol–water partition coefficient (Wildman–Crippen LogP) is 3.56. The second-order valence-electron chi connectivity index (χ2n) is 7.79. The van der Waals surface area contributed by atoms with E-state index in [9.17, 15) is 9.59 Å². The number of carbonyl (C=O) groups excluding carboxylic acids is 2. The minimum atomic E-state index is -0.240. The van der Waals surface area contributed by atoms with E-state index in [1.165, 1.54) is 0 Å². The van der Waals surface area contributed by atoms with Crippen LogP contribution in [0.1, 0.15) is 34.5 Å². The number of nitrogens with zero attached hydrogens (tertiary/aromatic N) is 2. The first-order valence-corrected chi connectivity index (χ1v) is 10.3. The van der Waals surface area contributed by atoms with E-state index < -0.39 is 0 Å². The fourth-order valence-corrected chi connectivity index (χ4v) is 4.24. The van der Waals surface area contributed by atoms with E-state index in [2.05, 4.69) is 5.32 Å². The molecule has 162 valence electrons. The van der Waals surface area contributed by atoms with Crippen molar-refractivity contribution >= 4 is 28.4 Å². The fraction of sp³-hybridized carbons (Fsp3) is 0.333. The molecule has 0 atom stereocenters. The Labute approximate surface area is 181 Å². The Balaban J connectivity index is 1.73. The van der Waals surface area contributed by atoms with Gasteiger partial charge in [-0.2, -0.15) is 0 Å². The molecule has 2 amide bonds. The average Bonchev–Trinajstić information content (AvgIpc) is 3.31. The third-order valence-corrected chi connectivity index (χ3v) is 5.81. The highest BCUT2D eigenvalue weighted by molar-refractivity contribution is 6.14. The van der Waals surface area contributed by atoms with Crippen LogP contribution < -0.4 is 19.7 Å². The van der Waals surface area contributed by atoms with Crippen molar-refractivity contribution in [3.63, 3.8) is 0 Å². The Morgan fingerprint density at radius 3 is 2.61 bits per heavy atom. The van der Waals surface area contributed by atoms with Gasteiger partial charge in [-0.05, 0) is 43.7 Å². The van der Waals surface area contributed by atoms with E-state index in [0.717, 1.165) is 28.5 Å². The van der Waals surface area contributed by atoms with Gasteiger partial charge in [0.05, 0.1) is 25.4 Å². The number of benzene rings is 2. The molecule has 1 N–H and O–H groups in total. The fourth-order valence-electron chi connectivity index (χ4n) is 4.24. The molecule has 1 saturated heterocycles. The number of ether oxygens (including phenoxy) is 2. The summed E-state index contributed by atoms with van der Waals surface area (Å²) in [7, 11) is 5.06. The number of hydrogen-bond donors (Lipinski definition) is 1. The number of aryl methyl sites for hydroxylation is 2. The summed E-state index contributed by atoms with van der Waals surface area (Å²) >= 11 is 0. The zero-order valence-corrected chi connectivity index (χ0v) is 18.3. The number of amides is 2. The maximum absolute atomic E-state index is 13.4. The van der Waals surface area contributed by atoms with E-state index in [4.69, 9.17) is 9.47 Å². The highest BCUT2D eigenvalue weighted by atomic mass is 16.5. The summed E-state index contributed by atoms with van der Waals surface area (Å²) in [6.07, 6.45) is 1.30. The molecule has 0 saturated carbocycles. The van der Waals surface area contributed by atoms with Crippen LogP contribution >= 0.6 is 0 Å². The van der Waals surface area contributed by atoms with Crippen molar-refractivity contribution in [3.05, 3.63) is 53.2 Å². The Hall–Kier alpha value is -3.48. The molecule has 0 aliphatic carbocycles.